The lowest BCUT2D eigenvalue weighted by Gasteiger charge is -2.05. The second kappa shape index (κ2) is 8.62. The number of carbonyl (C=O) groups excluding carboxylic acids is 1. The Labute approximate surface area is 166 Å². The molecular weight excluding hydrogens is 383 g/mol. The number of Topliss-reactive ketones (excluding diaryl/α,β-unsaturated/α-hetero) is 1. The van der Waals surface area contributed by atoms with Crippen LogP contribution in [-0.4, -0.2) is 22.8 Å². The van der Waals surface area contributed by atoms with E-state index in [1.54, 1.807) is 36.4 Å². The molecule has 3 aromatic carbocycles. The van der Waals surface area contributed by atoms with E-state index in [4.69, 9.17) is 23.2 Å². The van der Waals surface area contributed by atoms with Gasteiger partial charge >= 0.3 is 0 Å². The molecule has 0 spiro atoms. The third kappa shape index (κ3) is 4.61. The molecule has 6 heteroatoms. The SMILES string of the molecule is O=C(C(=NN=Cc1cc(Cl)cc(Cl)c1O)c1ccccc1)c1ccccc1. The number of nitrogens with zero attached hydrogens (tertiary/aromatic N) is 2. The number of carbonyl (C=O) groups is 1. The van der Waals surface area contributed by atoms with E-state index >= 15 is 0 Å². The van der Waals surface area contributed by atoms with Gasteiger partial charge in [0.15, 0.2) is 0 Å². The first-order chi connectivity index (χ1) is 13.1. The fourth-order valence-corrected chi connectivity index (χ4v) is 2.90. The van der Waals surface area contributed by atoms with Crippen LogP contribution in [0.5, 0.6) is 5.75 Å². The molecule has 3 rings (SSSR count). The van der Waals surface area contributed by atoms with Crippen LogP contribution in [0.3, 0.4) is 0 Å². The number of hydrogen-bond donors (Lipinski definition) is 1. The normalized spacial score (nSPS) is 11.7. The minimum Gasteiger partial charge on any atom is -0.506 e. The van der Waals surface area contributed by atoms with Crippen molar-refractivity contribution in [2.75, 3.05) is 0 Å². The number of hydrogen-bond acceptors (Lipinski definition) is 4. The van der Waals surface area contributed by atoms with Gasteiger partial charge in [0.2, 0.25) is 5.78 Å². The number of phenolic OH excluding ortho intramolecular Hbond substituents is 1. The van der Waals surface area contributed by atoms with Gasteiger partial charge in [0.1, 0.15) is 11.5 Å². The summed E-state index contributed by atoms with van der Waals surface area (Å²) in [6.45, 7) is 0. The molecule has 3 aromatic rings. The number of halogens is 2. The minimum absolute atomic E-state index is 0.108. The zero-order valence-electron chi connectivity index (χ0n) is 14.0. The van der Waals surface area contributed by atoms with Gasteiger partial charge in [-0.15, -0.1) is 5.10 Å². The lowest BCUT2D eigenvalue weighted by atomic mass is 10.0. The zero-order chi connectivity index (χ0) is 19.2. The number of phenols is 1. The molecule has 0 saturated heterocycles. The average molecular weight is 397 g/mol. The molecule has 27 heavy (non-hydrogen) atoms. The van der Waals surface area contributed by atoms with Crippen LogP contribution in [-0.2, 0) is 0 Å². The highest BCUT2D eigenvalue weighted by molar-refractivity contribution is 6.51. The number of aromatic hydroxyl groups is 1. The van der Waals surface area contributed by atoms with Crippen LogP contribution in [0.25, 0.3) is 0 Å². The van der Waals surface area contributed by atoms with Gasteiger partial charge in [-0.25, -0.2) is 0 Å². The standard InChI is InChI=1S/C21H14Cl2N2O2/c22-17-11-16(20(26)18(23)12-17)13-24-25-19(14-7-3-1-4-8-14)21(27)15-9-5-2-6-10-15/h1-13,26H. The smallest absolute Gasteiger partial charge is 0.213 e. The maximum absolute atomic E-state index is 12.9. The van der Waals surface area contributed by atoms with Crippen LogP contribution in [0.15, 0.2) is 83.0 Å². The Kier molecular flexibility index (Phi) is 6.01. The monoisotopic (exact) mass is 396 g/mol. The van der Waals surface area contributed by atoms with Crippen LogP contribution in [0.2, 0.25) is 10.0 Å². The van der Waals surface area contributed by atoms with E-state index in [-0.39, 0.29) is 22.3 Å². The summed E-state index contributed by atoms with van der Waals surface area (Å²) < 4.78 is 0. The second-order valence-corrected chi connectivity index (χ2v) is 6.42. The van der Waals surface area contributed by atoms with Crippen molar-refractivity contribution >= 4 is 40.9 Å². The third-order valence-electron chi connectivity index (χ3n) is 3.71. The summed E-state index contributed by atoms with van der Waals surface area (Å²) in [7, 11) is 0. The quantitative estimate of drug-likeness (QED) is 0.356. The molecule has 0 aliphatic carbocycles. The Morgan fingerprint density at radius 2 is 1.48 bits per heavy atom. The number of ketones is 1. The van der Waals surface area contributed by atoms with Gasteiger partial charge in [0, 0.05) is 21.7 Å². The largest absolute Gasteiger partial charge is 0.506 e. The molecule has 0 aromatic heterocycles. The predicted octanol–water partition coefficient (Wildman–Crippen LogP) is 5.41. The van der Waals surface area contributed by atoms with Crippen molar-refractivity contribution in [2.45, 2.75) is 0 Å². The average Bonchev–Trinajstić information content (AvgIpc) is 2.69. The molecule has 1 N–H and O–H groups in total. The van der Waals surface area contributed by atoms with Crippen LogP contribution < -0.4 is 0 Å². The van der Waals surface area contributed by atoms with E-state index in [0.29, 0.717) is 21.7 Å². The Hall–Kier alpha value is -2.95. The molecule has 0 saturated carbocycles. The summed E-state index contributed by atoms with van der Waals surface area (Å²) in [5.74, 6) is -0.414. The Morgan fingerprint density at radius 1 is 0.889 bits per heavy atom. The first kappa shape index (κ1) is 18.8. The van der Waals surface area contributed by atoms with E-state index < -0.39 is 0 Å². The highest BCUT2D eigenvalue weighted by Gasteiger charge is 2.16. The molecule has 0 atom stereocenters. The van der Waals surface area contributed by atoms with E-state index in [1.165, 1.54) is 18.3 Å². The molecule has 0 aliphatic rings. The highest BCUT2D eigenvalue weighted by Crippen LogP contribution is 2.30. The Balaban J connectivity index is 2.00. The predicted molar refractivity (Wildman–Crippen MR) is 109 cm³/mol. The molecule has 0 unspecified atom stereocenters. The maximum Gasteiger partial charge on any atom is 0.213 e. The van der Waals surface area contributed by atoms with Crippen LogP contribution >= 0.6 is 23.2 Å². The lowest BCUT2D eigenvalue weighted by molar-refractivity contribution is 0.106. The van der Waals surface area contributed by atoms with Crippen molar-refractivity contribution in [2.24, 2.45) is 10.2 Å². The fraction of sp³-hybridized carbons (Fsp3) is 0. The first-order valence-electron chi connectivity index (χ1n) is 8.00. The van der Waals surface area contributed by atoms with Gasteiger partial charge < -0.3 is 5.11 Å². The van der Waals surface area contributed by atoms with Crippen molar-refractivity contribution in [1.82, 2.24) is 0 Å². The zero-order valence-corrected chi connectivity index (χ0v) is 15.5. The van der Waals surface area contributed by atoms with Gasteiger partial charge in [-0.3, -0.25) is 4.79 Å². The number of benzene rings is 3. The van der Waals surface area contributed by atoms with Gasteiger partial charge in [-0.2, -0.15) is 5.10 Å². The van der Waals surface area contributed by atoms with E-state index in [2.05, 4.69) is 10.2 Å². The van der Waals surface area contributed by atoms with E-state index in [1.807, 2.05) is 24.3 Å². The van der Waals surface area contributed by atoms with Crippen molar-refractivity contribution < 1.29 is 9.90 Å². The van der Waals surface area contributed by atoms with Crippen molar-refractivity contribution in [3.63, 3.8) is 0 Å². The van der Waals surface area contributed by atoms with Gasteiger partial charge in [-0.1, -0.05) is 83.9 Å². The van der Waals surface area contributed by atoms with Crippen molar-refractivity contribution in [3.8, 4) is 5.75 Å². The summed E-state index contributed by atoms with van der Waals surface area (Å²) in [5.41, 5.74) is 1.63. The summed E-state index contributed by atoms with van der Waals surface area (Å²) >= 11 is 11.8. The second-order valence-electron chi connectivity index (χ2n) is 5.58. The molecular formula is C21H14Cl2N2O2. The molecule has 0 heterocycles. The highest BCUT2D eigenvalue weighted by atomic mass is 35.5. The third-order valence-corrected chi connectivity index (χ3v) is 4.22. The van der Waals surface area contributed by atoms with Gasteiger partial charge in [0.05, 0.1) is 11.2 Å². The maximum atomic E-state index is 12.9. The van der Waals surface area contributed by atoms with Crippen LogP contribution in [0.4, 0.5) is 0 Å². The Morgan fingerprint density at radius 3 is 2.11 bits per heavy atom. The molecule has 0 fully saturated rings. The molecule has 0 bridgehead atoms. The lowest BCUT2D eigenvalue weighted by Crippen LogP contribution is -2.15. The Bertz CT molecular complexity index is 1020. The van der Waals surface area contributed by atoms with E-state index in [0.717, 1.165) is 0 Å². The van der Waals surface area contributed by atoms with Crippen LogP contribution in [0, 0.1) is 0 Å². The molecule has 0 radical (unpaired) electrons. The molecule has 0 amide bonds. The fourth-order valence-electron chi connectivity index (χ4n) is 2.39. The van der Waals surface area contributed by atoms with Gasteiger partial charge in [0.25, 0.3) is 0 Å². The summed E-state index contributed by atoms with van der Waals surface area (Å²) in [4.78, 5) is 12.9. The van der Waals surface area contributed by atoms with Crippen LogP contribution in [0.1, 0.15) is 21.5 Å². The van der Waals surface area contributed by atoms with Crippen molar-refractivity contribution in [3.05, 3.63) is 99.5 Å². The summed E-state index contributed by atoms with van der Waals surface area (Å²) in [5, 5.41) is 18.5. The molecule has 0 aliphatic heterocycles. The van der Waals surface area contributed by atoms with Gasteiger partial charge in [-0.05, 0) is 12.1 Å². The topological polar surface area (TPSA) is 62.0 Å². The van der Waals surface area contributed by atoms with E-state index in [9.17, 15) is 9.90 Å². The number of rotatable bonds is 5. The van der Waals surface area contributed by atoms with Crippen molar-refractivity contribution in [1.29, 1.82) is 0 Å². The summed E-state index contributed by atoms with van der Waals surface area (Å²) in [6.07, 6.45) is 1.30. The summed E-state index contributed by atoms with van der Waals surface area (Å²) in [6, 6.07) is 20.8. The first-order valence-corrected chi connectivity index (χ1v) is 8.76. The molecule has 4 nitrogen and oxygen atoms in total. The molecule has 134 valence electrons. The minimum atomic E-state index is -0.257.